The second-order valence-electron chi connectivity index (χ2n) is 2.88. The molecule has 2 aromatic rings. The Bertz CT molecular complexity index is 453. The molecule has 0 saturated heterocycles. The van der Waals surface area contributed by atoms with Crippen LogP contribution in [0.5, 0.6) is 0 Å². The zero-order chi connectivity index (χ0) is 9.97. The van der Waals surface area contributed by atoms with E-state index < -0.39 is 5.92 Å². The Labute approximate surface area is 85.3 Å². The summed E-state index contributed by atoms with van der Waals surface area (Å²) in [6.07, 6.45) is 0. The third-order valence-electron chi connectivity index (χ3n) is 1.95. The molecule has 1 N–H and O–H groups in total. The summed E-state index contributed by atoms with van der Waals surface area (Å²) in [5.41, 5.74) is 0.890. The Morgan fingerprint density at radius 3 is 2.93 bits per heavy atom. The van der Waals surface area contributed by atoms with E-state index in [1.165, 1.54) is 11.3 Å². The standard InChI is InChI=1S/C10H8N2OS/c11-5-7(6-13)10-12-8-3-1-2-4-9(8)14-10/h1-4,7,13H,6H2. The van der Waals surface area contributed by atoms with E-state index in [-0.39, 0.29) is 6.61 Å². The minimum absolute atomic E-state index is 0.170. The molecule has 0 fully saturated rings. The van der Waals surface area contributed by atoms with Crippen LogP contribution in [0.1, 0.15) is 10.9 Å². The number of thiazole rings is 1. The molecule has 4 heteroatoms. The maximum absolute atomic E-state index is 8.95. The van der Waals surface area contributed by atoms with Crippen LogP contribution >= 0.6 is 11.3 Å². The van der Waals surface area contributed by atoms with Crippen LogP contribution in [0.4, 0.5) is 0 Å². The van der Waals surface area contributed by atoms with Crippen molar-refractivity contribution in [2.24, 2.45) is 0 Å². The molecule has 0 saturated carbocycles. The summed E-state index contributed by atoms with van der Waals surface area (Å²) in [6.45, 7) is -0.170. The zero-order valence-corrected chi connectivity index (χ0v) is 8.16. The minimum Gasteiger partial charge on any atom is -0.395 e. The number of rotatable bonds is 2. The zero-order valence-electron chi connectivity index (χ0n) is 7.34. The SMILES string of the molecule is N#CC(CO)c1nc2ccccc2s1. The van der Waals surface area contributed by atoms with Crippen molar-refractivity contribution in [1.29, 1.82) is 5.26 Å². The first-order chi connectivity index (χ1) is 6.85. The lowest BCUT2D eigenvalue weighted by atomic mass is 10.2. The van der Waals surface area contributed by atoms with Crippen molar-refractivity contribution < 1.29 is 5.11 Å². The molecule has 14 heavy (non-hydrogen) atoms. The summed E-state index contributed by atoms with van der Waals surface area (Å²) in [5.74, 6) is -0.493. The number of fused-ring (bicyclic) bond motifs is 1. The topological polar surface area (TPSA) is 56.9 Å². The first-order valence-electron chi connectivity index (χ1n) is 4.21. The molecule has 1 unspecified atom stereocenters. The van der Waals surface area contributed by atoms with Crippen molar-refractivity contribution in [2.75, 3.05) is 6.61 Å². The van der Waals surface area contributed by atoms with E-state index in [0.717, 1.165) is 10.2 Å². The number of nitrogens with zero attached hydrogens (tertiary/aromatic N) is 2. The first kappa shape index (κ1) is 9.13. The Kier molecular flexibility index (Phi) is 2.44. The van der Waals surface area contributed by atoms with Gasteiger partial charge in [0.15, 0.2) is 0 Å². The van der Waals surface area contributed by atoms with Crippen molar-refractivity contribution in [3.05, 3.63) is 29.3 Å². The van der Waals surface area contributed by atoms with Gasteiger partial charge in [0.1, 0.15) is 10.9 Å². The predicted octanol–water partition coefficient (Wildman–Crippen LogP) is 1.90. The van der Waals surface area contributed by atoms with Crippen molar-refractivity contribution in [1.82, 2.24) is 4.98 Å². The van der Waals surface area contributed by atoms with Gasteiger partial charge in [-0.3, -0.25) is 0 Å². The quantitative estimate of drug-likeness (QED) is 0.812. The van der Waals surface area contributed by atoms with E-state index in [4.69, 9.17) is 10.4 Å². The van der Waals surface area contributed by atoms with E-state index in [9.17, 15) is 0 Å². The minimum atomic E-state index is -0.493. The third kappa shape index (κ3) is 1.48. The molecular weight excluding hydrogens is 196 g/mol. The lowest BCUT2D eigenvalue weighted by Crippen LogP contribution is -1.99. The maximum Gasteiger partial charge on any atom is 0.121 e. The van der Waals surface area contributed by atoms with Crippen molar-refractivity contribution >= 4 is 21.6 Å². The molecule has 3 nitrogen and oxygen atoms in total. The lowest BCUT2D eigenvalue weighted by molar-refractivity contribution is 0.286. The highest BCUT2D eigenvalue weighted by Gasteiger charge is 2.13. The molecule has 70 valence electrons. The monoisotopic (exact) mass is 204 g/mol. The molecule has 1 aromatic heterocycles. The molecule has 1 heterocycles. The van der Waals surface area contributed by atoms with Gasteiger partial charge in [-0.25, -0.2) is 4.98 Å². The predicted molar refractivity (Wildman–Crippen MR) is 55.1 cm³/mol. The third-order valence-corrected chi connectivity index (χ3v) is 3.10. The van der Waals surface area contributed by atoms with Crippen molar-refractivity contribution in [3.8, 4) is 6.07 Å². The number of para-hydroxylation sites is 1. The van der Waals surface area contributed by atoms with Gasteiger partial charge < -0.3 is 5.11 Å². The molecule has 0 aliphatic rings. The Hall–Kier alpha value is -1.44. The molecule has 1 atom stereocenters. The largest absolute Gasteiger partial charge is 0.395 e. The van der Waals surface area contributed by atoms with Crippen molar-refractivity contribution in [3.63, 3.8) is 0 Å². The number of nitriles is 1. The summed E-state index contributed by atoms with van der Waals surface area (Å²) in [6, 6.07) is 9.74. The molecule has 1 aromatic carbocycles. The molecule has 0 spiro atoms. The van der Waals surface area contributed by atoms with Crippen LogP contribution in [0.3, 0.4) is 0 Å². The second kappa shape index (κ2) is 3.74. The van der Waals surface area contributed by atoms with Crippen LogP contribution in [-0.2, 0) is 0 Å². The number of benzene rings is 1. The van der Waals surface area contributed by atoms with E-state index in [1.54, 1.807) is 0 Å². The first-order valence-corrected chi connectivity index (χ1v) is 5.02. The van der Waals surface area contributed by atoms with Gasteiger partial charge in [0.2, 0.25) is 0 Å². The molecule has 0 radical (unpaired) electrons. The summed E-state index contributed by atoms with van der Waals surface area (Å²) in [7, 11) is 0. The average molecular weight is 204 g/mol. The maximum atomic E-state index is 8.95. The van der Waals surface area contributed by atoms with Gasteiger partial charge in [0, 0.05) is 0 Å². The van der Waals surface area contributed by atoms with Gasteiger partial charge in [-0.1, -0.05) is 12.1 Å². The van der Waals surface area contributed by atoms with E-state index >= 15 is 0 Å². The van der Waals surface area contributed by atoms with Crippen LogP contribution in [0.25, 0.3) is 10.2 Å². The number of aliphatic hydroxyl groups excluding tert-OH is 1. The van der Waals surface area contributed by atoms with Crippen LogP contribution < -0.4 is 0 Å². The number of hydrogen-bond donors (Lipinski definition) is 1. The van der Waals surface area contributed by atoms with Crippen molar-refractivity contribution in [2.45, 2.75) is 5.92 Å². The van der Waals surface area contributed by atoms with E-state index in [2.05, 4.69) is 4.98 Å². The average Bonchev–Trinajstić information content (AvgIpc) is 2.63. The summed E-state index contributed by atoms with van der Waals surface area (Å²) >= 11 is 1.46. The fourth-order valence-corrected chi connectivity index (χ4v) is 2.22. The summed E-state index contributed by atoms with van der Waals surface area (Å²) in [4.78, 5) is 4.29. The fourth-order valence-electron chi connectivity index (χ4n) is 1.21. The number of hydrogen-bond acceptors (Lipinski definition) is 4. The van der Waals surface area contributed by atoms with E-state index in [0.29, 0.717) is 5.01 Å². The number of aliphatic hydroxyl groups is 1. The Morgan fingerprint density at radius 1 is 1.50 bits per heavy atom. The highest BCUT2D eigenvalue weighted by atomic mass is 32.1. The van der Waals surface area contributed by atoms with Gasteiger partial charge in [0.25, 0.3) is 0 Å². The van der Waals surface area contributed by atoms with Gasteiger partial charge in [0.05, 0.1) is 22.9 Å². The molecule has 0 bridgehead atoms. The Balaban J connectivity index is 2.50. The normalized spacial score (nSPS) is 12.6. The van der Waals surface area contributed by atoms with E-state index in [1.807, 2.05) is 30.3 Å². The van der Waals surface area contributed by atoms with Crippen LogP contribution in [-0.4, -0.2) is 16.7 Å². The summed E-state index contributed by atoms with van der Waals surface area (Å²) < 4.78 is 1.05. The molecule has 0 aliphatic carbocycles. The highest BCUT2D eigenvalue weighted by Crippen LogP contribution is 2.26. The van der Waals surface area contributed by atoms with Crippen LogP contribution in [0.2, 0.25) is 0 Å². The molecule has 2 rings (SSSR count). The lowest BCUT2D eigenvalue weighted by Gasteiger charge is -1.97. The van der Waals surface area contributed by atoms with Gasteiger partial charge in [-0.05, 0) is 12.1 Å². The van der Waals surface area contributed by atoms with Gasteiger partial charge in [-0.2, -0.15) is 5.26 Å². The molecule has 0 aliphatic heterocycles. The highest BCUT2D eigenvalue weighted by molar-refractivity contribution is 7.18. The van der Waals surface area contributed by atoms with Gasteiger partial charge >= 0.3 is 0 Å². The second-order valence-corrected chi connectivity index (χ2v) is 3.95. The number of aromatic nitrogens is 1. The fraction of sp³-hybridized carbons (Fsp3) is 0.200. The van der Waals surface area contributed by atoms with Crippen LogP contribution in [0, 0.1) is 11.3 Å². The smallest absolute Gasteiger partial charge is 0.121 e. The Morgan fingerprint density at radius 2 is 2.29 bits per heavy atom. The molecular formula is C10H8N2OS. The van der Waals surface area contributed by atoms with Gasteiger partial charge in [-0.15, -0.1) is 11.3 Å². The summed E-state index contributed by atoms with van der Waals surface area (Å²) in [5, 5.41) is 18.4. The molecule has 0 amide bonds. The van der Waals surface area contributed by atoms with Crippen LogP contribution in [0.15, 0.2) is 24.3 Å².